The molecule has 0 aliphatic carbocycles. The molecule has 0 amide bonds. The molecule has 58 valence electrons. The molecule has 0 aliphatic heterocycles. The fourth-order valence-corrected chi connectivity index (χ4v) is 0.617. The van der Waals surface area contributed by atoms with Crippen molar-refractivity contribution in [2.24, 2.45) is 7.05 Å². The Hall–Kier alpha value is -0.935. The van der Waals surface area contributed by atoms with E-state index in [0.717, 1.165) is 10.8 Å². The van der Waals surface area contributed by atoms with Crippen LogP contribution >= 0.6 is 0 Å². The molecule has 0 aliphatic rings. The second-order valence-corrected chi connectivity index (χ2v) is 2.09. The molecule has 1 heterocycles. The first kappa shape index (κ1) is 8.16. The predicted octanol–water partition coefficient (Wildman–Crippen LogP) is 0.233. The van der Waals surface area contributed by atoms with Crippen LogP contribution in [0.15, 0.2) is 6.20 Å². The molecule has 0 aromatic carbocycles. The largest absolute Gasteiger partial charge is 0.434 e. The van der Waals surface area contributed by atoms with Gasteiger partial charge in [0.05, 0.1) is 5.72 Å². The predicted molar refractivity (Wildman–Crippen MR) is 33.6 cm³/mol. The number of nitrogens with zero attached hydrogens (tertiary/aromatic N) is 2. The smallest absolute Gasteiger partial charge is 0.347 e. The highest BCUT2D eigenvalue weighted by molar-refractivity contribution is 6.29. The van der Waals surface area contributed by atoms with E-state index >= 15 is 0 Å². The van der Waals surface area contributed by atoms with Crippen LogP contribution < -0.4 is 5.72 Å². The number of hydrogen-bond donors (Lipinski definition) is 0. The van der Waals surface area contributed by atoms with Gasteiger partial charge in [0.15, 0.2) is 13.5 Å². The number of halogens is 3. The molecule has 2 radical (unpaired) electrons. The zero-order chi connectivity index (χ0) is 8.65. The Morgan fingerprint density at radius 1 is 1.55 bits per heavy atom. The molecule has 0 saturated carbocycles. The monoisotopic (exact) mass is 160 g/mol. The van der Waals surface area contributed by atoms with E-state index in [0.29, 0.717) is 0 Å². The van der Waals surface area contributed by atoms with Crippen LogP contribution in [-0.4, -0.2) is 17.4 Å². The van der Waals surface area contributed by atoms with Gasteiger partial charge in [0.1, 0.15) is 0 Å². The van der Waals surface area contributed by atoms with E-state index < -0.39 is 11.9 Å². The van der Waals surface area contributed by atoms with Gasteiger partial charge in [-0.15, -0.1) is 0 Å². The summed E-state index contributed by atoms with van der Waals surface area (Å²) in [6.07, 6.45) is -3.56. The average molecular weight is 160 g/mol. The van der Waals surface area contributed by atoms with Crippen LogP contribution in [0.4, 0.5) is 13.2 Å². The number of aromatic nitrogens is 2. The first-order valence-electron chi connectivity index (χ1n) is 2.77. The van der Waals surface area contributed by atoms with Crippen LogP contribution in [0.2, 0.25) is 0 Å². The molecule has 11 heavy (non-hydrogen) atoms. The number of aryl methyl sites for hydroxylation is 1. The van der Waals surface area contributed by atoms with E-state index in [1.54, 1.807) is 0 Å². The van der Waals surface area contributed by atoms with E-state index in [4.69, 9.17) is 7.85 Å². The highest BCUT2D eigenvalue weighted by atomic mass is 19.4. The number of hydrogen-bond acceptors (Lipinski definition) is 1. The van der Waals surface area contributed by atoms with Crippen molar-refractivity contribution >= 4 is 13.6 Å². The first-order chi connectivity index (χ1) is 4.91. The minimum Gasteiger partial charge on any atom is -0.347 e. The lowest BCUT2D eigenvalue weighted by Gasteiger charge is -1.98. The van der Waals surface area contributed by atoms with Gasteiger partial charge < -0.3 is 4.57 Å². The summed E-state index contributed by atoms with van der Waals surface area (Å²) in [5.74, 6) is 0. The van der Waals surface area contributed by atoms with Crippen molar-refractivity contribution in [3.63, 3.8) is 0 Å². The summed E-state index contributed by atoms with van der Waals surface area (Å²) in [5, 5.41) is 0. The van der Waals surface area contributed by atoms with Crippen molar-refractivity contribution in [3.8, 4) is 0 Å². The molecule has 0 spiro atoms. The second-order valence-electron chi connectivity index (χ2n) is 2.09. The Morgan fingerprint density at radius 2 is 2.09 bits per heavy atom. The van der Waals surface area contributed by atoms with E-state index in [1.165, 1.54) is 7.05 Å². The van der Waals surface area contributed by atoms with Gasteiger partial charge in [-0.25, -0.2) is 4.98 Å². The lowest BCUT2D eigenvalue weighted by atomic mass is 10.1. The average Bonchev–Trinajstić information content (AvgIpc) is 2.11. The molecule has 1 aromatic rings. The molecule has 0 N–H and O–H groups in total. The number of imidazole rings is 1. The van der Waals surface area contributed by atoms with Gasteiger partial charge in [-0.2, -0.15) is 13.2 Å². The van der Waals surface area contributed by atoms with Crippen LogP contribution in [0.25, 0.3) is 0 Å². The molecule has 6 heteroatoms. The van der Waals surface area contributed by atoms with E-state index in [2.05, 4.69) is 4.98 Å². The van der Waals surface area contributed by atoms with Crippen LogP contribution in [0.5, 0.6) is 0 Å². The van der Waals surface area contributed by atoms with Crippen LogP contribution in [-0.2, 0) is 13.2 Å². The summed E-state index contributed by atoms with van der Waals surface area (Å²) in [5.41, 5.74) is -1.10. The third kappa shape index (κ3) is 1.55. The summed E-state index contributed by atoms with van der Waals surface area (Å²) < 4.78 is 36.7. The van der Waals surface area contributed by atoms with Gasteiger partial charge >= 0.3 is 6.18 Å². The van der Waals surface area contributed by atoms with Crippen LogP contribution in [0, 0.1) is 0 Å². The molecular formula is C5H4BF3N2. The maximum absolute atomic E-state index is 11.8. The van der Waals surface area contributed by atoms with E-state index in [-0.39, 0.29) is 5.72 Å². The van der Waals surface area contributed by atoms with Crippen molar-refractivity contribution in [2.75, 3.05) is 0 Å². The SMILES string of the molecule is [B]c1nc(C(F)(F)F)cn1C. The summed E-state index contributed by atoms with van der Waals surface area (Å²) >= 11 is 0. The highest BCUT2D eigenvalue weighted by Crippen LogP contribution is 2.26. The standard InChI is InChI=1S/C5H4BF3N2/c1-11-2-3(5(7,8)9)10-4(11)6/h2H,1H3. The summed E-state index contributed by atoms with van der Waals surface area (Å²) in [7, 11) is 6.49. The fourth-order valence-electron chi connectivity index (χ4n) is 0.617. The lowest BCUT2D eigenvalue weighted by molar-refractivity contribution is -0.140. The molecule has 0 fully saturated rings. The van der Waals surface area contributed by atoms with Crippen molar-refractivity contribution in [2.45, 2.75) is 6.18 Å². The van der Waals surface area contributed by atoms with Gasteiger partial charge in [0.25, 0.3) is 0 Å². The highest BCUT2D eigenvalue weighted by Gasteiger charge is 2.33. The van der Waals surface area contributed by atoms with Crippen molar-refractivity contribution < 1.29 is 13.2 Å². The Kier molecular flexibility index (Phi) is 1.70. The summed E-state index contributed by atoms with van der Waals surface area (Å²) in [6, 6.07) is 0. The van der Waals surface area contributed by atoms with E-state index in [1.807, 2.05) is 0 Å². The first-order valence-corrected chi connectivity index (χ1v) is 2.77. The molecule has 2 nitrogen and oxygen atoms in total. The lowest BCUT2D eigenvalue weighted by Crippen LogP contribution is -2.15. The zero-order valence-electron chi connectivity index (χ0n) is 5.68. The Labute approximate surface area is 62.4 Å². The van der Waals surface area contributed by atoms with Crippen molar-refractivity contribution in [1.29, 1.82) is 0 Å². The maximum Gasteiger partial charge on any atom is 0.434 e. The minimum absolute atomic E-state index is 0.141. The normalized spacial score (nSPS) is 12.0. The maximum atomic E-state index is 11.8. The molecule has 1 rings (SSSR count). The van der Waals surface area contributed by atoms with Crippen molar-refractivity contribution in [1.82, 2.24) is 9.55 Å². The third-order valence-electron chi connectivity index (χ3n) is 1.20. The molecule has 0 saturated heterocycles. The van der Waals surface area contributed by atoms with Crippen LogP contribution in [0.3, 0.4) is 0 Å². The Bertz CT molecular complexity index is 246. The third-order valence-corrected chi connectivity index (χ3v) is 1.20. The van der Waals surface area contributed by atoms with Gasteiger partial charge in [-0.05, 0) is 0 Å². The minimum atomic E-state index is -4.41. The quantitative estimate of drug-likeness (QED) is 0.496. The topological polar surface area (TPSA) is 17.8 Å². The fraction of sp³-hybridized carbons (Fsp3) is 0.400. The molecule has 0 bridgehead atoms. The Morgan fingerprint density at radius 3 is 2.27 bits per heavy atom. The number of rotatable bonds is 0. The molecule has 0 atom stereocenters. The van der Waals surface area contributed by atoms with Gasteiger partial charge in [-0.1, -0.05) is 0 Å². The van der Waals surface area contributed by atoms with Gasteiger partial charge in [0.2, 0.25) is 0 Å². The van der Waals surface area contributed by atoms with Gasteiger partial charge in [0, 0.05) is 13.2 Å². The summed E-state index contributed by atoms with van der Waals surface area (Å²) in [6.45, 7) is 0. The van der Waals surface area contributed by atoms with E-state index in [9.17, 15) is 13.2 Å². The Balaban J connectivity index is 3.08. The molecule has 1 aromatic heterocycles. The summed E-state index contributed by atoms with van der Waals surface area (Å²) in [4.78, 5) is 3.10. The zero-order valence-corrected chi connectivity index (χ0v) is 5.68. The molecular weight excluding hydrogens is 156 g/mol. The van der Waals surface area contributed by atoms with Crippen LogP contribution in [0.1, 0.15) is 5.69 Å². The van der Waals surface area contributed by atoms with Gasteiger partial charge in [-0.3, -0.25) is 0 Å². The molecule has 0 unspecified atom stereocenters. The van der Waals surface area contributed by atoms with Crippen molar-refractivity contribution in [3.05, 3.63) is 11.9 Å². The number of alkyl halides is 3. The second kappa shape index (κ2) is 2.28.